The normalized spacial score (nSPS) is 13.2. The zero-order valence-electron chi connectivity index (χ0n) is 9.80. The van der Waals surface area contributed by atoms with Gasteiger partial charge in [-0.25, -0.2) is 0 Å². The van der Waals surface area contributed by atoms with Gasteiger partial charge in [-0.1, -0.05) is 0 Å². The number of aromatic amines is 1. The van der Waals surface area contributed by atoms with Crippen LogP contribution in [-0.2, 0) is 17.6 Å². The summed E-state index contributed by atoms with van der Waals surface area (Å²) >= 11 is 0. The maximum absolute atomic E-state index is 11.8. The number of aryl methyl sites for hydroxylation is 1. The first-order valence-electron chi connectivity index (χ1n) is 5.77. The van der Waals surface area contributed by atoms with Crippen LogP contribution in [0.5, 0.6) is 0 Å². The predicted molar refractivity (Wildman–Crippen MR) is 61.6 cm³/mol. The Morgan fingerprint density at radius 3 is 2.82 bits per heavy atom. The van der Waals surface area contributed by atoms with Crippen molar-refractivity contribution < 1.29 is 9.59 Å². The van der Waals surface area contributed by atoms with E-state index in [9.17, 15) is 9.59 Å². The topological polar surface area (TPSA) is 86.9 Å². The van der Waals surface area contributed by atoms with E-state index in [1.165, 1.54) is 6.92 Å². The highest BCUT2D eigenvalue weighted by atomic mass is 16.2. The van der Waals surface area contributed by atoms with Gasteiger partial charge < -0.3 is 10.6 Å². The summed E-state index contributed by atoms with van der Waals surface area (Å²) in [7, 11) is 0. The summed E-state index contributed by atoms with van der Waals surface area (Å²) < 4.78 is 0. The zero-order valence-corrected chi connectivity index (χ0v) is 9.80. The number of carbonyl (C=O) groups excluding carboxylic acids is 2. The fourth-order valence-corrected chi connectivity index (χ4v) is 2.01. The molecule has 0 aromatic carbocycles. The van der Waals surface area contributed by atoms with Gasteiger partial charge in [-0.05, 0) is 19.3 Å². The summed E-state index contributed by atoms with van der Waals surface area (Å²) in [4.78, 5) is 22.4. The van der Waals surface area contributed by atoms with Gasteiger partial charge in [0.15, 0.2) is 5.69 Å². The van der Waals surface area contributed by atoms with Crippen LogP contribution in [0.1, 0.15) is 35.1 Å². The van der Waals surface area contributed by atoms with Crippen molar-refractivity contribution in [3.8, 4) is 0 Å². The van der Waals surface area contributed by atoms with Crippen LogP contribution in [0.3, 0.4) is 0 Å². The Labute approximate surface area is 99.2 Å². The average molecular weight is 236 g/mol. The Kier molecular flexibility index (Phi) is 3.41. The van der Waals surface area contributed by atoms with E-state index >= 15 is 0 Å². The first-order chi connectivity index (χ1) is 8.18. The number of rotatable bonds is 4. The number of nitrogens with one attached hydrogen (secondary N) is 3. The van der Waals surface area contributed by atoms with Crippen molar-refractivity contribution in [3.05, 3.63) is 17.0 Å². The quantitative estimate of drug-likeness (QED) is 0.631. The highest BCUT2D eigenvalue weighted by Crippen LogP contribution is 2.22. The molecule has 0 aliphatic heterocycles. The van der Waals surface area contributed by atoms with Gasteiger partial charge in [0.2, 0.25) is 5.91 Å². The van der Waals surface area contributed by atoms with Gasteiger partial charge in [-0.15, -0.1) is 0 Å². The molecule has 0 bridgehead atoms. The Bertz CT molecular complexity index is 439. The Morgan fingerprint density at radius 1 is 1.29 bits per heavy atom. The summed E-state index contributed by atoms with van der Waals surface area (Å²) in [6.45, 7) is 2.30. The van der Waals surface area contributed by atoms with Crippen molar-refractivity contribution in [3.63, 3.8) is 0 Å². The lowest BCUT2D eigenvalue weighted by molar-refractivity contribution is -0.118. The third kappa shape index (κ3) is 2.64. The molecule has 0 fully saturated rings. The fraction of sp³-hybridized carbons (Fsp3) is 0.545. The van der Waals surface area contributed by atoms with E-state index in [2.05, 4.69) is 20.8 Å². The van der Waals surface area contributed by atoms with Gasteiger partial charge in [0, 0.05) is 31.3 Å². The van der Waals surface area contributed by atoms with E-state index in [-0.39, 0.29) is 11.8 Å². The van der Waals surface area contributed by atoms with Crippen LogP contribution in [0.4, 0.5) is 0 Å². The number of carbonyl (C=O) groups is 2. The summed E-state index contributed by atoms with van der Waals surface area (Å²) in [6.07, 6.45) is 2.97. The summed E-state index contributed by atoms with van der Waals surface area (Å²) in [5, 5.41) is 12.3. The molecule has 0 unspecified atom stereocenters. The third-order valence-corrected chi connectivity index (χ3v) is 2.81. The zero-order chi connectivity index (χ0) is 12.3. The highest BCUT2D eigenvalue weighted by molar-refractivity contribution is 5.94. The second-order valence-electron chi connectivity index (χ2n) is 4.12. The molecule has 6 nitrogen and oxygen atoms in total. The molecule has 92 valence electrons. The smallest absolute Gasteiger partial charge is 0.272 e. The van der Waals surface area contributed by atoms with E-state index in [0.29, 0.717) is 18.8 Å². The average Bonchev–Trinajstić information content (AvgIpc) is 2.85. The largest absolute Gasteiger partial charge is 0.355 e. The molecule has 0 spiro atoms. The van der Waals surface area contributed by atoms with Crippen LogP contribution in [0.2, 0.25) is 0 Å². The van der Waals surface area contributed by atoms with Crippen molar-refractivity contribution in [1.29, 1.82) is 0 Å². The number of amides is 2. The number of hydrogen-bond donors (Lipinski definition) is 3. The van der Waals surface area contributed by atoms with Crippen molar-refractivity contribution in [2.24, 2.45) is 0 Å². The molecule has 3 N–H and O–H groups in total. The van der Waals surface area contributed by atoms with E-state index in [0.717, 1.165) is 30.5 Å². The molecule has 1 aromatic rings. The summed E-state index contributed by atoms with van der Waals surface area (Å²) in [5.41, 5.74) is 2.62. The molecule has 1 heterocycles. The number of nitrogens with zero attached hydrogens (tertiary/aromatic N) is 1. The third-order valence-electron chi connectivity index (χ3n) is 2.81. The Hall–Kier alpha value is -1.85. The van der Waals surface area contributed by atoms with Crippen molar-refractivity contribution >= 4 is 11.8 Å². The summed E-state index contributed by atoms with van der Waals surface area (Å²) in [6, 6.07) is 0. The van der Waals surface area contributed by atoms with Gasteiger partial charge in [0.1, 0.15) is 0 Å². The lowest BCUT2D eigenvalue weighted by atomic mass is 10.2. The molecule has 2 rings (SSSR count). The molecule has 0 saturated heterocycles. The number of aromatic nitrogens is 2. The van der Waals surface area contributed by atoms with E-state index in [1.54, 1.807) is 0 Å². The van der Waals surface area contributed by atoms with Crippen LogP contribution in [-0.4, -0.2) is 35.1 Å². The minimum absolute atomic E-state index is 0.0973. The Balaban J connectivity index is 1.85. The molecule has 2 amide bonds. The van der Waals surface area contributed by atoms with E-state index in [1.807, 2.05) is 0 Å². The SMILES string of the molecule is CC(=O)NCCNC(=O)c1n[nH]c2c1CCC2. The van der Waals surface area contributed by atoms with Crippen molar-refractivity contribution in [1.82, 2.24) is 20.8 Å². The van der Waals surface area contributed by atoms with Gasteiger partial charge in [0.05, 0.1) is 0 Å². The molecule has 17 heavy (non-hydrogen) atoms. The fourth-order valence-electron chi connectivity index (χ4n) is 2.01. The molecule has 6 heteroatoms. The molecule has 1 aliphatic rings. The van der Waals surface area contributed by atoms with E-state index in [4.69, 9.17) is 0 Å². The van der Waals surface area contributed by atoms with E-state index < -0.39 is 0 Å². The molecule has 1 aromatic heterocycles. The van der Waals surface area contributed by atoms with Crippen LogP contribution >= 0.6 is 0 Å². The number of fused-ring (bicyclic) bond motifs is 1. The Morgan fingerprint density at radius 2 is 2.06 bits per heavy atom. The molecular weight excluding hydrogens is 220 g/mol. The highest BCUT2D eigenvalue weighted by Gasteiger charge is 2.22. The maximum atomic E-state index is 11.8. The molecule has 0 saturated carbocycles. The summed E-state index contributed by atoms with van der Waals surface area (Å²) in [5.74, 6) is -0.269. The van der Waals surface area contributed by atoms with Crippen LogP contribution in [0, 0.1) is 0 Å². The van der Waals surface area contributed by atoms with Gasteiger partial charge >= 0.3 is 0 Å². The number of hydrogen-bond acceptors (Lipinski definition) is 3. The first kappa shape index (κ1) is 11.6. The van der Waals surface area contributed by atoms with Gasteiger partial charge in [-0.3, -0.25) is 14.7 Å². The van der Waals surface area contributed by atoms with Crippen LogP contribution in [0.25, 0.3) is 0 Å². The molecule has 0 radical (unpaired) electrons. The molecule has 0 atom stereocenters. The second-order valence-corrected chi connectivity index (χ2v) is 4.12. The maximum Gasteiger partial charge on any atom is 0.272 e. The van der Waals surface area contributed by atoms with Crippen molar-refractivity contribution in [2.45, 2.75) is 26.2 Å². The van der Waals surface area contributed by atoms with Gasteiger partial charge in [0.25, 0.3) is 5.91 Å². The monoisotopic (exact) mass is 236 g/mol. The first-order valence-corrected chi connectivity index (χ1v) is 5.77. The molecular formula is C11H16N4O2. The lowest BCUT2D eigenvalue weighted by Gasteiger charge is -2.04. The second kappa shape index (κ2) is 4.99. The minimum atomic E-state index is -0.172. The predicted octanol–water partition coefficient (Wildman–Crippen LogP) is -0.236. The standard InChI is InChI=1S/C11H16N4O2/c1-7(16)12-5-6-13-11(17)10-8-3-2-4-9(8)14-15-10/h2-6H2,1H3,(H,12,16)(H,13,17)(H,14,15). The van der Waals surface area contributed by atoms with Crippen LogP contribution in [0.15, 0.2) is 0 Å². The number of H-pyrrole nitrogens is 1. The van der Waals surface area contributed by atoms with Crippen LogP contribution < -0.4 is 10.6 Å². The van der Waals surface area contributed by atoms with Crippen molar-refractivity contribution in [2.75, 3.05) is 13.1 Å². The molecule has 1 aliphatic carbocycles. The van der Waals surface area contributed by atoms with Gasteiger partial charge in [-0.2, -0.15) is 5.10 Å². The lowest BCUT2D eigenvalue weighted by Crippen LogP contribution is -2.34. The minimum Gasteiger partial charge on any atom is -0.355 e.